The van der Waals surface area contributed by atoms with Crippen molar-refractivity contribution in [2.24, 2.45) is 5.92 Å². The number of carbonyl (C=O) groups excluding carboxylic acids is 1. The van der Waals surface area contributed by atoms with E-state index in [2.05, 4.69) is 94.3 Å². The molecule has 36 heavy (non-hydrogen) atoms. The second-order valence-electron chi connectivity index (χ2n) is 9.87. The Balaban J connectivity index is 1.26. The lowest BCUT2D eigenvalue weighted by Gasteiger charge is -2.23. The number of hydrogen-bond donors (Lipinski definition) is 1. The number of aromatic nitrogens is 3. The quantitative estimate of drug-likeness (QED) is 0.399. The lowest BCUT2D eigenvalue weighted by atomic mass is 9.99. The zero-order valence-corrected chi connectivity index (χ0v) is 21.1. The van der Waals surface area contributed by atoms with Gasteiger partial charge < -0.3 is 14.3 Å². The van der Waals surface area contributed by atoms with Gasteiger partial charge in [0.25, 0.3) is 5.91 Å². The van der Waals surface area contributed by atoms with Crippen LogP contribution in [0.25, 0.3) is 11.1 Å². The second kappa shape index (κ2) is 10.5. The van der Waals surface area contributed by atoms with Gasteiger partial charge >= 0.3 is 0 Å². The molecule has 7 nitrogen and oxygen atoms in total. The van der Waals surface area contributed by atoms with Gasteiger partial charge in [0.1, 0.15) is 12.1 Å². The number of fused-ring (bicyclic) bond motifs is 1. The minimum Gasteiger partial charge on any atom is -0.472 e. The highest BCUT2D eigenvalue weighted by Crippen LogP contribution is 2.25. The highest BCUT2D eigenvalue weighted by atomic mass is 16.3. The van der Waals surface area contributed by atoms with Crippen molar-refractivity contribution in [3.63, 3.8) is 0 Å². The lowest BCUT2D eigenvalue weighted by Crippen LogP contribution is -2.34. The number of furan rings is 1. The highest BCUT2D eigenvalue weighted by molar-refractivity contribution is 5.94. The topological polar surface area (TPSA) is 76.2 Å². The largest absolute Gasteiger partial charge is 0.472 e. The average Bonchev–Trinajstić information content (AvgIpc) is 3.51. The third-order valence-electron chi connectivity index (χ3n) is 6.98. The van der Waals surface area contributed by atoms with E-state index in [-0.39, 0.29) is 17.9 Å². The van der Waals surface area contributed by atoms with Crippen molar-refractivity contribution in [3.8, 4) is 11.1 Å². The third kappa shape index (κ3) is 5.11. The standard InChI is InChI=1S/C29H33N5O2/c1-20(2)27(30-29(35)24-13-17-36-19-24)28-32-31-26-12-14-33(15-16-34(26)28)18-22-8-10-23(11-9-22)25-7-5-4-6-21(25)3/h4-11,13,17,19-20,27H,12,14-16,18H2,1-3H3,(H,30,35)/t27-/m1/s1. The summed E-state index contributed by atoms with van der Waals surface area (Å²) < 4.78 is 7.27. The van der Waals surface area contributed by atoms with Crippen molar-refractivity contribution in [2.75, 3.05) is 13.1 Å². The first kappa shape index (κ1) is 24.0. The first-order valence-electron chi connectivity index (χ1n) is 12.6. The van der Waals surface area contributed by atoms with Crippen molar-refractivity contribution in [2.45, 2.75) is 46.3 Å². The summed E-state index contributed by atoms with van der Waals surface area (Å²) in [5, 5.41) is 12.1. The molecule has 1 atom stereocenters. The summed E-state index contributed by atoms with van der Waals surface area (Å²) >= 11 is 0. The van der Waals surface area contributed by atoms with Gasteiger partial charge in [-0.25, -0.2) is 0 Å². The van der Waals surface area contributed by atoms with Crippen LogP contribution in [-0.2, 0) is 19.5 Å². The van der Waals surface area contributed by atoms with E-state index < -0.39 is 0 Å². The van der Waals surface area contributed by atoms with Crippen LogP contribution in [0.5, 0.6) is 0 Å². The van der Waals surface area contributed by atoms with Gasteiger partial charge in [-0.1, -0.05) is 62.4 Å². The fourth-order valence-corrected chi connectivity index (χ4v) is 4.87. The van der Waals surface area contributed by atoms with Crippen LogP contribution in [0, 0.1) is 12.8 Å². The normalized spacial score (nSPS) is 14.9. The number of rotatable bonds is 7. The van der Waals surface area contributed by atoms with E-state index in [0.29, 0.717) is 5.56 Å². The van der Waals surface area contributed by atoms with Crippen molar-refractivity contribution < 1.29 is 9.21 Å². The smallest absolute Gasteiger partial charge is 0.255 e. The van der Waals surface area contributed by atoms with E-state index in [1.54, 1.807) is 6.07 Å². The Morgan fingerprint density at radius 1 is 1.03 bits per heavy atom. The van der Waals surface area contributed by atoms with Crippen molar-refractivity contribution >= 4 is 5.91 Å². The highest BCUT2D eigenvalue weighted by Gasteiger charge is 2.28. The predicted octanol–water partition coefficient (Wildman–Crippen LogP) is 5.03. The third-order valence-corrected chi connectivity index (χ3v) is 6.98. The second-order valence-corrected chi connectivity index (χ2v) is 9.87. The van der Waals surface area contributed by atoms with Gasteiger partial charge in [0.05, 0.1) is 17.9 Å². The summed E-state index contributed by atoms with van der Waals surface area (Å²) in [6.45, 7) is 9.84. The van der Waals surface area contributed by atoms with Gasteiger partial charge in [0, 0.05) is 32.6 Å². The summed E-state index contributed by atoms with van der Waals surface area (Å²) in [6, 6.07) is 18.8. The van der Waals surface area contributed by atoms with Crippen LogP contribution < -0.4 is 5.32 Å². The van der Waals surface area contributed by atoms with Crippen LogP contribution in [0.1, 0.15) is 53.0 Å². The molecule has 0 bridgehead atoms. The number of benzene rings is 2. The van der Waals surface area contributed by atoms with Gasteiger partial charge in [0.2, 0.25) is 0 Å². The van der Waals surface area contributed by atoms with Gasteiger partial charge in [-0.3, -0.25) is 9.69 Å². The molecule has 0 saturated heterocycles. The molecule has 1 aliphatic heterocycles. The number of nitrogens with one attached hydrogen (secondary N) is 1. The maximum absolute atomic E-state index is 12.7. The van der Waals surface area contributed by atoms with Crippen LogP contribution in [0.15, 0.2) is 71.5 Å². The molecule has 0 saturated carbocycles. The first-order valence-corrected chi connectivity index (χ1v) is 12.6. The first-order chi connectivity index (χ1) is 17.5. The summed E-state index contributed by atoms with van der Waals surface area (Å²) in [5.41, 5.74) is 5.63. The predicted molar refractivity (Wildman–Crippen MR) is 139 cm³/mol. The van der Waals surface area contributed by atoms with Crippen LogP contribution in [0.4, 0.5) is 0 Å². The number of amides is 1. The molecule has 5 rings (SSSR count). The molecule has 0 spiro atoms. The molecule has 186 valence electrons. The molecule has 0 unspecified atom stereocenters. The summed E-state index contributed by atoms with van der Waals surface area (Å²) in [5.74, 6) is 1.80. The number of aryl methyl sites for hydroxylation is 1. The maximum atomic E-state index is 12.7. The Kier molecular flexibility index (Phi) is 7.00. The van der Waals surface area contributed by atoms with Crippen molar-refractivity contribution in [3.05, 3.63) is 95.5 Å². The van der Waals surface area contributed by atoms with E-state index >= 15 is 0 Å². The molecular weight excluding hydrogens is 450 g/mol. The summed E-state index contributed by atoms with van der Waals surface area (Å²) in [4.78, 5) is 15.2. The molecule has 3 heterocycles. The van der Waals surface area contributed by atoms with Gasteiger partial charge in [0.15, 0.2) is 5.82 Å². The van der Waals surface area contributed by atoms with E-state index in [1.807, 2.05) is 0 Å². The molecule has 4 aromatic rings. The van der Waals surface area contributed by atoms with Gasteiger partial charge in [-0.15, -0.1) is 10.2 Å². The van der Waals surface area contributed by atoms with E-state index in [9.17, 15) is 4.79 Å². The van der Waals surface area contributed by atoms with Crippen LogP contribution in [0.3, 0.4) is 0 Å². The Morgan fingerprint density at radius 2 is 1.83 bits per heavy atom. The zero-order chi connectivity index (χ0) is 25.1. The lowest BCUT2D eigenvalue weighted by molar-refractivity contribution is 0.0921. The SMILES string of the molecule is Cc1ccccc1-c1ccc(CN2CCc3nnc([C@H](NC(=O)c4ccoc4)C(C)C)n3CC2)cc1. The van der Waals surface area contributed by atoms with E-state index in [1.165, 1.54) is 34.8 Å². The molecule has 0 fully saturated rings. The van der Waals surface area contributed by atoms with Gasteiger partial charge in [-0.2, -0.15) is 0 Å². The molecule has 2 aromatic carbocycles. The zero-order valence-electron chi connectivity index (χ0n) is 21.1. The molecule has 0 aliphatic carbocycles. The van der Waals surface area contributed by atoms with Crippen molar-refractivity contribution in [1.29, 1.82) is 0 Å². The summed E-state index contributed by atoms with van der Waals surface area (Å²) in [6.07, 6.45) is 3.80. The minimum atomic E-state index is -0.228. The van der Waals surface area contributed by atoms with E-state index in [4.69, 9.17) is 4.42 Å². The minimum absolute atomic E-state index is 0.163. The molecule has 2 aromatic heterocycles. The monoisotopic (exact) mass is 483 g/mol. The molecular formula is C29H33N5O2. The Bertz CT molecular complexity index is 1310. The Hall–Kier alpha value is -3.71. The maximum Gasteiger partial charge on any atom is 0.255 e. The summed E-state index contributed by atoms with van der Waals surface area (Å²) in [7, 11) is 0. The Labute approximate surface area is 212 Å². The van der Waals surface area contributed by atoms with E-state index in [0.717, 1.165) is 44.2 Å². The molecule has 1 aliphatic rings. The Morgan fingerprint density at radius 3 is 2.56 bits per heavy atom. The molecule has 7 heteroatoms. The fraction of sp³-hybridized carbons (Fsp3) is 0.345. The molecule has 1 amide bonds. The van der Waals surface area contributed by atoms with Crippen LogP contribution in [-0.4, -0.2) is 38.7 Å². The van der Waals surface area contributed by atoms with Crippen LogP contribution in [0.2, 0.25) is 0 Å². The van der Waals surface area contributed by atoms with Gasteiger partial charge in [-0.05, 0) is 41.2 Å². The van der Waals surface area contributed by atoms with Crippen molar-refractivity contribution in [1.82, 2.24) is 25.0 Å². The molecule has 1 N–H and O–H groups in total. The number of hydrogen-bond acceptors (Lipinski definition) is 5. The number of nitrogens with zero attached hydrogens (tertiary/aromatic N) is 4. The average molecular weight is 484 g/mol. The number of carbonyl (C=O) groups is 1. The fourth-order valence-electron chi connectivity index (χ4n) is 4.87. The molecule has 0 radical (unpaired) electrons. The van der Waals surface area contributed by atoms with Crippen LogP contribution >= 0.6 is 0 Å².